The molecule has 0 aliphatic heterocycles. The van der Waals surface area contributed by atoms with Crippen molar-refractivity contribution in [3.63, 3.8) is 0 Å². The summed E-state index contributed by atoms with van der Waals surface area (Å²) in [5, 5.41) is 8.80. The molecule has 0 unspecified atom stereocenters. The Hall–Kier alpha value is -0.790. The maximum Gasteiger partial charge on any atom is 0.307 e. The summed E-state index contributed by atoms with van der Waals surface area (Å²) in [6.07, 6.45) is 8.28. The normalized spacial score (nSPS) is 42.7. The van der Waals surface area contributed by atoms with E-state index in [9.17, 15) is 4.79 Å². The van der Waals surface area contributed by atoms with Crippen LogP contribution in [0.5, 0.6) is 0 Å². The maximum absolute atomic E-state index is 10.7. The van der Waals surface area contributed by atoms with E-state index in [1.54, 1.807) is 0 Å². The highest BCUT2D eigenvalue weighted by Crippen LogP contribution is 2.57. The van der Waals surface area contributed by atoms with E-state index in [0.29, 0.717) is 0 Å². The molecule has 0 aromatic heterocycles. The van der Waals surface area contributed by atoms with Gasteiger partial charge in [0.25, 0.3) is 0 Å². The molecule has 0 heterocycles. The lowest BCUT2D eigenvalue weighted by molar-refractivity contribution is -0.136. The highest BCUT2D eigenvalue weighted by Gasteiger charge is 2.47. The van der Waals surface area contributed by atoms with Crippen LogP contribution in [0.15, 0.2) is 12.2 Å². The third-order valence-corrected chi connectivity index (χ3v) is 5.35. The molecule has 0 atom stereocenters. The van der Waals surface area contributed by atoms with Crippen LogP contribution in [0.4, 0.5) is 0 Å². The summed E-state index contributed by atoms with van der Waals surface area (Å²) in [6, 6.07) is 0. The van der Waals surface area contributed by atoms with Gasteiger partial charge in [-0.3, -0.25) is 4.79 Å². The third-order valence-electron chi connectivity index (χ3n) is 5.35. The Labute approximate surface area is 103 Å². The molecule has 4 saturated carbocycles. The minimum atomic E-state index is -0.723. The molecule has 0 saturated heterocycles. The van der Waals surface area contributed by atoms with Crippen molar-refractivity contribution in [3.8, 4) is 0 Å². The summed E-state index contributed by atoms with van der Waals surface area (Å²) in [6.45, 7) is 3.97. The fraction of sp³-hybridized carbons (Fsp3) is 0.800. The van der Waals surface area contributed by atoms with Crippen LogP contribution in [0.2, 0.25) is 0 Å². The number of hydrogen-bond donors (Lipinski definition) is 1. The van der Waals surface area contributed by atoms with E-state index >= 15 is 0 Å². The zero-order valence-electron chi connectivity index (χ0n) is 10.4. The molecule has 0 spiro atoms. The average Bonchev–Trinajstić information content (AvgIpc) is 2.21. The molecule has 1 N–H and O–H groups in total. The molecule has 2 heteroatoms. The van der Waals surface area contributed by atoms with E-state index in [1.807, 2.05) is 0 Å². The Bertz CT molecular complexity index is 317. The van der Waals surface area contributed by atoms with Gasteiger partial charge in [-0.25, -0.2) is 0 Å². The van der Waals surface area contributed by atoms with Crippen LogP contribution in [-0.4, -0.2) is 11.1 Å². The lowest BCUT2D eigenvalue weighted by Crippen LogP contribution is -2.45. The van der Waals surface area contributed by atoms with Gasteiger partial charge in [0.05, 0.1) is 6.42 Å². The molecular formula is C15H22O2. The molecule has 0 aromatic rings. The monoisotopic (exact) mass is 234 g/mol. The van der Waals surface area contributed by atoms with Gasteiger partial charge in [0, 0.05) is 0 Å². The Morgan fingerprint density at radius 2 is 1.59 bits per heavy atom. The van der Waals surface area contributed by atoms with Gasteiger partial charge in [0.2, 0.25) is 0 Å². The number of carboxylic acids is 1. The summed E-state index contributed by atoms with van der Waals surface area (Å²) in [5.41, 5.74) is 0.940. The molecule has 4 aliphatic carbocycles. The lowest BCUT2D eigenvalue weighted by atomic mass is 9.51. The topological polar surface area (TPSA) is 37.3 Å². The second kappa shape index (κ2) is 4.15. The predicted octanol–water partition coefficient (Wildman–Crippen LogP) is 3.48. The van der Waals surface area contributed by atoms with Gasteiger partial charge in [-0.15, -0.1) is 0 Å². The van der Waals surface area contributed by atoms with Gasteiger partial charge in [-0.05, 0) is 68.1 Å². The van der Waals surface area contributed by atoms with E-state index in [0.717, 1.165) is 41.6 Å². The second-order valence-electron chi connectivity index (χ2n) is 6.62. The van der Waals surface area contributed by atoms with Gasteiger partial charge < -0.3 is 5.11 Å². The Morgan fingerprint density at radius 3 is 2.06 bits per heavy atom. The van der Waals surface area contributed by atoms with Crippen molar-refractivity contribution in [1.82, 2.24) is 0 Å². The number of carbonyl (C=O) groups is 1. The molecule has 2 nitrogen and oxygen atoms in total. The van der Waals surface area contributed by atoms with Crippen LogP contribution >= 0.6 is 0 Å². The highest BCUT2D eigenvalue weighted by atomic mass is 16.4. The molecule has 17 heavy (non-hydrogen) atoms. The van der Waals surface area contributed by atoms with Gasteiger partial charge in [0.15, 0.2) is 0 Å². The molecular weight excluding hydrogens is 212 g/mol. The smallest absolute Gasteiger partial charge is 0.307 e. The lowest BCUT2D eigenvalue weighted by Gasteiger charge is -2.54. The quantitative estimate of drug-likeness (QED) is 0.756. The molecule has 4 rings (SSSR count). The first-order chi connectivity index (χ1) is 8.11. The summed E-state index contributed by atoms with van der Waals surface area (Å²) in [7, 11) is 0. The van der Waals surface area contributed by atoms with Crippen molar-refractivity contribution in [2.24, 2.45) is 29.6 Å². The van der Waals surface area contributed by atoms with Gasteiger partial charge >= 0.3 is 5.97 Å². The summed E-state index contributed by atoms with van der Waals surface area (Å²) < 4.78 is 0. The van der Waals surface area contributed by atoms with Crippen molar-refractivity contribution < 1.29 is 9.90 Å². The molecule has 4 aliphatic rings. The van der Waals surface area contributed by atoms with Crippen molar-refractivity contribution in [2.45, 2.75) is 44.9 Å². The summed E-state index contributed by atoms with van der Waals surface area (Å²) in [4.78, 5) is 10.7. The number of carboxylic acid groups (broad SMARTS) is 1. The predicted molar refractivity (Wildman–Crippen MR) is 66.5 cm³/mol. The number of rotatable bonds is 4. The Kier molecular flexibility index (Phi) is 2.76. The standard InChI is InChI=1S/C15H22O2/c1-9(3-15(16)17)2-14-12-5-10-4-11(7-12)8-13(14)6-10/h10-14H,1-8H2,(H,16,17). The molecule has 0 radical (unpaired) electrons. The third kappa shape index (κ3) is 2.14. The molecule has 4 fully saturated rings. The molecule has 0 amide bonds. The Balaban J connectivity index is 1.64. The van der Waals surface area contributed by atoms with Crippen LogP contribution < -0.4 is 0 Å². The SMILES string of the molecule is C=C(CC(=O)O)CC1C2CC3CC(C2)CC1C3. The van der Waals surface area contributed by atoms with Gasteiger partial charge in [0.1, 0.15) is 0 Å². The van der Waals surface area contributed by atoms with Crippen molar-refractivity contribution in [2.75, 3.05) is 0 Å². The fourth-order valence-corrected chi connectivity index (χ4v) is 4.99. The van der Waals surface area contributed by atoms with Gasteiger partial charge in [-0.2, -0.15) is 0 Å². The fourth-order valence-electron chi connectivity index (χ4n) is 4.99. The molecule has 4 bridgehead atoms. The zero-order chi connectivity index (χ0) is 12.0. The van der Waals surface area contributed by atoms with Gasteiger partial charge in [-0.1, -0.05) is 12.2 Å². The van der Waals surface area contributed by atoms with Crippen LogP contribution in [0.3, 0.4) is 0 Å². The second-order valence-corrected chi connectivity index (χ2v) is 6.62. The van der Waals surface area contributed by atoms with E-state index in [1.165, 1.54) is 32.1 Å². The largest absolute Gasteiger partial charge is 0.481 e. The van der Waals surface area contributed by atoms with Crippen molar-refractivity contribution >= 4 is 5.97 Å². The van der Waals surface area contributed by atoms with E-state index in [2.05, 4.69) is 6.58 Å². The first-order valence-electron chi connectivity index (χ1n) is 7.00. The van der Waals surface area contributed by atoms with Crippen LogP contribution in [-0.2, 0) is 4.79 Å². The van der Waals surface area contributed by atoms with E-state index in [-0.39, 0.29) is 6.42 Å². The number of hydrogen-bond acceptors (Lipinski definition) is 1. The summed E-state index contributed by atoms with van der Waals surface area (Å²) in [5.74, 6) is 3.81. The minimum absolute atomic E-state index is 0.169. The summed E-state index contributed by atoms with van der Waals surface area (Å²) >= 11 is 0. The highest BCUT2D eigenvalue weighted by molar-refractivity contribution is 5.69. The molecule has 94 valence electrons. The van der Waals surface area contributed by atoms with Crippen LogP contribution in [0, 0.1) is 29.6 Å². The van der Waals surface area contributed by atoms with E-state index in [4.69, 9.17) is 5.11 Å². The van der Waals surface area contributed by atoms with E-state index < -0.39 is 5.97 Å². The van der Waals surface area contributed by atoms with Crippen molar-refractivity contribution in [1.29, 1.82) is 0 Å². The Morgan fingerprint density at radius 1 is 1.06 bits per heavy atom. The molecule has 0 aromatic carbocycles. The van der Waals surface area contributed by atoms with Crippen molar-refractivity contribution in [3.05, 3.63) is 12.2 Å². The first-order valence-corrected chi connectivity index (χ1v) is 7.00. The number of aliphatic carboxylic acids is 1. The average molecular weight is 234 g/mol. The van der Waals surface area contributed by atoms with Crippen LogP contribution in [0.25, 0.3) is 0 Å². The van der Waals surface area contributed by atoms with Crippen LogP contribution in [0.1, 0.15) is 44.9 Å². The first kappa shape index (κ1) is 11.3. The minimum Gasteiger partial charge on any atom is -0.481 e. The maximum atomic E-state index is 10.7. The zero-order valence-corrected chi connectivity index (χ0v) is 10.4.